The van der Waals surface area contributed by atoms with Crippen molar-refractivity contribution in [3.05, 3.63) is 42.6 Å². The fourth-order valence-corrected chi connectivity index (χ4v) is 8.80. The molecule has 0 radical (unpaired) electrons. The summed E-state index contributed by atoms with van der Waals surface area (Å²) in [5, 5.41) is 6.48. The molecule has 276 valence electrons. The second kappa shape index (κ2) is 14.5. The predicted octanol–water partition coefficient (Wildman–Crippen LogP) is 3.05. The molecule has 1 saturated heterocycles. The van der Waals surface area contributed by atoms with Gasteiger partial charge in [0.25, 0.3) is 5.91 Å². The molecular weight excluding hydrogens is 699 g/mol. The summed E-state index contributed by atoms with van der Waals surface area (Å²) in [6, 6.07) is 5.13. The number of amides is 4. The van der Waals surface area contributed by atoms with Crippen molar-refractivity contribution in [3.63, 3.8) is 0 Å². The van der Waals surface area contributed by atoms with Gasteiger partial charge in [0, 0.05) is 29.7 Å². The Balaban J connectivity index is 1.30. The lowest BCUT2D eigenvalue weighted by Crippen LogP contribution is -2.58. The van der Waals surface area contributed by atoms with Gasteiger partial charge in [-0.1, -0.05) is 12.2 Å². The first-order valence-electron chi connectivity index (χ1n) is 17.2. The van der Waals surface area contributed by atoms with Gasteiger partial charge >= 0.3 is 6.09 Å². The van der Waals surface area contributed by atoms with E-state index in [2.05, 4.69) is 20.3 Å². The minimum Gasteiger partial charge on any atom is -0.497 e. The highest BCUT2D eigenvalue weighted by atomic mass is 32.2. The van der Waals surface area contributed by atoms with Gasteiger partial charge in [-0.3, -0.25) is 19.1 Å². The number of methoxy groups -OCH3 is 1. The van der Waals surface area contributed by atoms with Crippen LogP contribution < -0.4 is 24.8 Å². The third-order valence-electron chi connectivity index (χ3n) is 9.33. The molecule has 0 bridgehead atoms. The normalized spacial score (nSPS) is 27.9. The van der Waals surface area contributed by atoms with E-state index in [-0.39, 0.29) is 25.1 Å². The number of sulfonamides is 1. The van der Waals surface area contributed by atoms with Gasteiger partial charge < -0.3 is 29.7 Å². The van der Waals surface area contributed by atoms with Crippen molar-refractivity contribution >= 4 is 56.4 Å². The fraction of sp³-hybridized carbons (Fsp3) is 0.571. The van der Waals surface area contributed by atoms with Gasteiger partial charge in [0.2, 0.25) is 27.7 Å². The number of aromatic nitrogens is 1. The number of carbonyl (C=O) groups excluding carboxylic acids is 4. The fourth-order valence-electron chi connectivity index (χ4n) is 6.44. The van der Waals surface area contributed by atoms with E-state index in [0.717, 1.165) is 11.8 Å². The van der Waals surface area contributed by atoms with Gasteiger partial charge in [-0.05, 0) is 88.3 Å². The maximum Gasteiger partial charge on any atom is 0.408 e. The van der Waals surface area contributed by atoms with E-state index in [4.69, 9.17) is 14.2 Å². The maximum atomic E-state index is 14.4. The van der Waals surface area contributed by atoms with Crippen molar-refractivity contribution in [1.29, 1.82) is 0 Å². The summed E-state index contributed by atoms with van der Waals surface area (Å²) >= 11 is 1.50. The third kappa shape index (κ3) is 8.54. The first-order chi connectivity index (χ1) is 24.2. The SMILES string of the molecule is COc1ccc2c(O[C@@H]3C[C@H]4C(=O)N[C@]5(C(=O)NS(=O)(=O)C6CC6)C[C@H]5/C=C\CCCSC[C@H](NC(=O)OC(C)(C)C)C(=O)N4C3)nccc2c1. The van der Waals surface area contributed by atoms with Gasteiger partial charge in [0.05, 0.1) is 18.9 Å². The monoisotopic (exact) mass is 743 g/mol. The standard InChI is InChI=1S/C35H45N5O9S2/c1-34(2,3)49-33(44)37-27-20-50-15-7-5-6-8-22-18-35(22,32(43)39-51(45,46)25-10-11-25)38-29(41)28-17-24(19-40(28)31(27)42)48-30-26-12-9-23(47-4)16-21(26)13-14-36-30/h6,8-9,12-14,16,22,24-25,27-28H,5,7,10-11,15,17-20H2,1-4H3,(H,37,44)(H,38,41)(H,39,43)/b8-6-/t22-,24-,27+,28+,35-/m1/s1. The highest BCUT2D eigenvalue weighted by Gasteiger charge is 2.62. The Morgan fingerprint density at radius 3 is 2.67 bits per heavy atom. The number of allylic oxidation sites excluding steroid dienone is 1. The molecule has 14 nitrogen and oxygen atoms in total. The lowest BCUT2D eigenvalue weighted by Gasteiger charge is -2.30. The largest absolute Gasteiger partial charge is 0.497 e. The van der Waals surface area contributed by atoms with Gasteiger partial charge in [-0.2, -0.15) is 11.8 Å². The summed E-state index contributed by atoms with van der Waals surface area (Å²) in [6.45, 7) is 5.15. The van der Waals surface area contributed by atoms with Crippen LogP contribution in [0.15, 0.2) is 42.6 Å². The number of fused-ring (bicyclic) bond motifs is 3. The molecule has 0 spiro atoms. The van der Waals surface area contributed by atoms with Crippen LogP contribution in [0.3, 0.4) is 0 Å². The molecule has 3 N–H and O–H groups in total. The summed E-state index contributed by atoms with van der Waals surface area (Å²) in [5.41, 5.74) is -2.30. The van der Waals surface area contributed by atoms with Crippen LogP contribution in [-0.2, 0) is 29.1 Å². The third-order valence-corrected chi connectivity index (χ3v) is 12.3. The Labute approximate surface area is 301 Å². The zero-order chi connectivity index (χ0) is 36.6. The lowest BCUT2D eigenvalue weighted by atomic mass is 10.1. The first-order valence-corrected chi connectivity index (χ1v) is 19.9. The van der Waals surface area contributed by atoms with Crippen LogP contribution in [0.25, 0.3) is 10.8 Å². The zero-order valence-electron chi connectivity index (χ0n) is 29.2. The second-order valence-electron chi connectivity index (χ2n) is 14.5. The lowest BCUT2D eigenvalue weighted by molar-refractivity contribution is -0.140. The quantitative estimate of drug-likeness (QED) is 0.355. The molecule has 2 saturated carbocycles. The van der Waals surface area contributed by atoms with Crippen molar-refractivity contribution in [3.8, 4) is 11.6 Å². The van der Waals surface area contributed by atoms with Gasteiger partial charge in [0.15, 0.2) is 0 Å². The Bertz CT molecular complexity index is 1830. The van der Waals surface area contributed by atoms with E-state index >= 15 is 0 Å². The second-order valence-corrected chi connectivity index (χ2v) is 17.6. The average molecular weight is 744 g/mol. The number of pyridine rings is 1. The van der Waals surface area contributed by atoms with E-state index < -0.39 is 74.3 Å². The minimum absolute atomic E-state index is 0.0130. The summed E-state index contributed by atoms with van der Waals surface area (Å²) in [7, 11) is -2.31. The molecule has 2 aromatic rings. The van der Waals surface area contributed by atoms with Gasteiger partial charge in [0.1, 0.15) is 35.1 Å². The summed E-state index contributed by atoms with van der Waals surface area (Å²) < 4.78 is 45.0. The average Bonchev–Trinajstić information content (AvgIpc) is 3.99. The number of nitrogens with zero attached hydrogens (tertiary/aromatic N) is 2. The van der Waals surface area contributed by atoms with Crippen LogP contribution in [0.2, 0.25) is 0 Å². The Morgan fingerprint density at radius 2 is 1.94 bits per heavy atom. The van der Waals surface area contributed by atoms with Crippen molar-refractivity contribution in [1.82, 2.24) is 25.2 Å². The first kappa shape index (κ1) is 36.7. The van der Waals surface area contributed by atoms with E-state index in [1.54, 1.807) is 40.1 Å². The molecule has 51 heavy (non-hydrogen) atoms. The molecule has 3 heterocycles. The van der Waals surface area contributed by atoms with Crippen LogP contribution in [-0.4, -0.2) is 102 Å². The number of thioether (sulfide) groups is 1. The Kier molecular flexibility index (Phi) is 10.5. The van der Waals surface area contributed by atoms with Crippen LogP contribution in [0.4, 0.5) is 4.79 Å². The van der Waals surface area contributed by atoms with Crippen LogP contribution >= 0.6 is 11.8 Å². The predicted molar refractivity (Wildman–Crippen MR) is 191 cm³/mol. The highest BCUT2D eigenvalue weighted by molar-refractivity contribution is 7.99. The number of rotatable bonds is 7. The topological polar surface area (TPSA) is 182 Å². The number of benzene rings is 1. The molecule has 5 atom stereocenters. The molecule has 2 aliphatic carbocycles. The zero-order valence-corrected chi connectivity index (χ0v) is 30.8. The molecule has 16 heteroatoms. The van der Waals surface area contributed by atoms with Crippen molar-refractivity contribution in [2.45, 2.75) is 93.9 Å². The molecular formula is C35H45N5O9S2. The molecule has 4 amide bonds. The number of nitrogens with one attached hydrogen (secondary N) is 3. The highest BCUT2D eigenvalue weighted by Crippen LogP contribution is 2.46. The summed E-state index contributed by atoms with van der Waals surface area (Å²) in [4.78, 5) is 61.0. The number of hydrogen-bond donors (Lipinski definition) is 3. The smallest absolute Gasteiger partial charge is 0.408 e. The molecule has 1 aromatic heterocycles. The number of hydrogen-bond acceptors (Lipinski definition) is 11. The van der Waals surface area contributed by atoms with Crippen LogP contribution in [0.5, 0.6) is 11.6 Å². The van der Waals surface area contributed by atoms with Gasteiger partial charge in [-0.15, -0.1) is 0 Å². The van der Waals surface area contributed by atoms with Crippen molar-refractivity contribution in [2.75, 3.05) is 25.2 Å². The Hall–Kier alpha value is -4.05. The van der Waals surface area contributed by atoms with E-state index in [9.17, 15) is 27.6 Å². The Morgan fingerprint density at radius 1 is 1.16 bits per heavy atom. The van der Waals surface area contributed by atoms with E-state index in [1.807, 2.05) is 30.4 Å². The van der Waals surface area contributed by atoms with Crippen molar-refractivity contribution < 1.29 is 41.8 Å². The molecule has 3 fully saturated rings. The van der Waals surface area contributed by atoms with Gasteiger partial charge in [-0.25, -0.2) is 18.2 Å². The van der Waals surface area contributed by atoms with E-state index in [0.29, 0.717) is 42.0 Å². The number of carbonyl (C=O) groups is 4. The summed E-state index contributed by atoms with van der Waals surface area (Å²) in [6.07, 6.45) is 6.58. The van der Waals surface area contributed by atoms with Crippen LogP contribution in [0.1, 0.15) is 59.3 Å². The van der Waals surface area contributed by atoms with E-state index in [1.165, 1.54) is 16.7 Å². The maximum absolute atomic E-state index is 14.4. The molecule has 4 aliphatic rings. The number of alkyl carbamates (subject to hydrolysis) is 1. The van der Waals surface area contributed by atoms with Crippen LogP contribution in [0, 0.1) is 5.92 Å². The molecule has 1 aromatic carbocycles. The minimum atomic E-state index is -3.88. The molecule has 0 unspecified atom stereocenters. The molecule has 6 rings (SSSR count). The van der Waals surface area contributed by atoms with Crippen molar-refractivity contribution in [2.24, 2.45) is 5.92 Å². The molecule has 2 aliphatic heterocycles. The number of ether oxygens (including phenoxy) is 3. The summed E-state index contributed by atoms with van der Waals surface area (Å²) in [5.74, 6) is -0.466.